The molecular formula is C17H23N5O3. The largest absolute Gasteiger partial charge is 0.342 e. The SMILES string of the molecule is Cc1nccn1C[C@H]1CCCN(C(=O)CCn2ccc(=O)[nH]c2=O)C1. The van der Waals surface area contributed by atoms with Crippen LogP contribution in [-0.2, 0) is 17.9 Å². The minimum atomic E-state index is -0.479. The summed E-state index contributed by atoms with van der Waals surface area (Å²) in [6.07, 6.45) is 7.53. The van der Waals surface area contributed by atoms with Gasteiger partial charge in [-0.25, -0.2) is 9.78 Å². The van der Waals surface area contributed by atoms with Crippen LogP contribution in [0.3, 0.4) is 0 Å². The average Bonchev–Trinajstić information content (AvgIpc) is 2.99. The maximum Gasteiger partial charge on any atom is 0.328 e. The van der Waals surface area contributed by atoms with Gasteiger partial charge in [-0.1, -0.05) is 0 Å². The number of aromatic amines is 1. The first kappa shape index (κ1) is 17.2. The van der Waals surface area contributed by atoms with Crippen LogP contribution in [0.25, 0.3) is 0 Å². The third kappa shape index (κ3) is 4.26. The first-order valence-electron chi connectivity index (χ1n) is 8.58. The second-order valence-corrected chi connectivity index (χ2v) is 6.53. The molecule has 8 nitrogen and oxygen atoms in total. The van der Waals surface area contributed by atoms with Crippen molar-refractivity contribution in [1.29, 1.82) is 0 Å². The quantitative estimate of drug-likeness (QED) is 0.847. The Kier molecular flexibility index (Phi) is 5.16. The van der Waals surface area contributed by atoms with E-state index in [-0.39, 0.29) is 18.9 Å². The highest BCUT2D eigenvalue weighted by Gasteiger charge is 2.24. The first-order chi connectivity index (χ1) is 12.0. The Morgan fingerprint density at radius 1 is 1.32 bits per heavy atom. The van der Waals surface area contributed by atoms with E-state index in [0.717, 1.165) is 38.3 Å². The molecule has 134 valence electrons. The molecule has 0 bridgehead atoms. The molecule has 1 fully saturated rings. The lowest BCUT2D eigenvalue weighted by Crippen LogP contribution is -2.41. The van der Waals surface area contributed by atoms with Crippen LogP contribution in [0.15, 0.2) is 34.2 Å². The number of rotatable bonds is 5. The molecule has 1 atom stereocenters. The van der Waals surface area contributed by atoms with Crippen LogP contribution < -0.4 is 11.2 Å². The summed E-state index contributed by atoms with van der Waals surface area (Å²) in [6.45, 7) is 4.62. The highest BCUT2D eigenvalue weighted by Crippen LogP contribution is 2.19. The molecule has 0 spiro atoms. The zero-order valence-electron chi connectivity index (χ0n) is 14.4. The van der Waals surface area contributed by atoms with Gasteiger partial charge < -0.3 is 14.0 Å². The van der Waals surface area contributed by atoms with Gasteiger partial charge in [0.15, 0.2) is 0 Å². The second-order valence-electron chi connectivity index (χ2n) is 6.53. The number of piperidine rings is 1. The number of carbonyl (C=O) groups excluding carboxylic acids is 1. The number of likely N-dealkylation sites (tertiary alicyclic amines) is 1. The van der Waals surface area contributed by atoms with Crippen LogP contribution in [0, 0.1) is 12.8 Å². The van der Waals surface area contributed by atoms with Gasteiger partial charge in [0.2, 0.25) is 5.91 Å². The van der Waals surface area contributed by atoms with Crippen molar-refractivity contribution in [2.75, 3.05) is 13.1 Å². The van der Waals surface area contributed by atoms with Crippen LogP contribution in [0.2, 0.25) is 0 Å². The summed E-state index contributed by atoms with van der Waals surface area (Å²) in [5, 5.41) is 0. The zero-order valence-corrected chi connectivity index (χ0v) is 14.4. The summed E-state index contributed by atoms with van der Waals surface area (Å²) in [6, 6.07) is 1.29. The van der Waals surface area contributed by atoms with Crippen molar-refractivity contribution < 1.29 is 4.79 Å². The molecule has 1 aliphatic rings. The van der Waals surface area contributed by atoms with Gasteiger partial charge in [-0.3, -0.25) is 14.6 Å². The molecule has 0 aliphatic carbocycles. The number of hydrogen-bond acceptors (Lipinski definition) is 4. The predicted molar refractivity (Wildman–Crippen MR) is 92.2 cm³/mol. The smallest absolute Gasteiger partial charge is 0.328 e. The molecule has 0 unspecified atom stereocenters. The molecule has 1 saturated heterocycles. The van der Waals surface area contributed by atoms with Gasteiger partial charge in [0, 0.05) is 57.3 Å². The van der Waals surface area contributed by atoms with Crippen molar-refractivity contribution in [3.05, 3.63) is 51.3 Å². The van der Waals surface area contributed by atoms with Gasteiger partial charge >= 0.3 is 5.69 Å². The van der Waals surface area contributed by atoms with Crippen molar-refractivity contribution in [2.24, 2.45) is 5.92 Å². The molecule has 1 aliphatic heterocycles. The van der Waals surface area contributed by atoms with Gasteiger partial charge in [-0.2, -0.15) is 0 Å². The van der Waals surface area contributed by atoms with E-state index in [1.807, 2.05) is 18.0 Å². The van der Waals surface area contributed by atoms with Crippen LogP contribution >= 0.6 is 0 Å². The number of hydrogen-bond donors (Lipinski definition) is 1. The van der Waals surface area contributed by atoms with Gasteiger partial charge in [0.05, 0.1) is 0 Å². The van der Waals surface area contributed by atoms with Crippen molar-refractivity contribution in [3.63, 3.8) is 0 Å². The fourth-order valence-corrected chi connectivity index (χ4v) is 3.31. The molecule has 0 radical (unpaired) electrons. The summed E-state index contributed by atoms with van der Waals surface area (Å²) in [4.78, 5) is 43.5. The van der Waals surface area contributed by atoms with Crippen molar-refractivity contribution in [2.45, 2.75) is 39.3 Å². The van der Waals surface area contributed by atoms with Gasteiger partial charge in [0.1, 0.15) is 5.82 Å². The van der Waals surface area contributed by atoms with E-state index in [0.29, 0.717) is 5.92 Å². The Morgan fingerprint density at radius 3 is 2.88 bits per heavy atom. The molecule has 0 saturated carbocycles. The number of nitrogens with zero attached hydrogens (tertiary/aromatic N) is 4. The maximum absolute atomic E-state index is 12.5. The van der Waals surface area contributed by atoms with E-state index in [1.54, 1.807) is 6.20 Å². The highest BCUT2D eigenvalue weighted by atomic mass is 16.2. The van der Waals surface area contributed by atoms with Gasteiger partial charge in [-0.15, -0.1) is 0 Å². The normalized spacial score (nSPS) is 17.6. The minimum absolute atomic E-state index is 0.0464. The van der Waals surface area contributed by atoms with Crippen LogP contribution in [0.1, 0.15) is 25.1 Å². The number of aromatic nitrogens is 4. The Morgan fingerprint density at radius 2 is 2.16 bits per heavy atom. The number of carbonyl (C=O) groups is 1. The monoisotopic (exact) mass is 345 g/mol. The van der Waals surface area contributed by atoms with Crippen molar-refractivity contribution >= 4 is 5.91 Å². The van der Waals surface area contributed by atoms with E-state index < -0.39 is 11.2 Å². The van der Waals surface area contributed by atoms with Crippen molar-refractivity contribution in [1.82, 2.24) is 24.0 Å². The lowest BCUT2D eigenvalue weighted by molar-refractivity contribution is -0.133. The average molecular weight is 345 g/mol. The fourth-order valence-electron chi connectivity index (χ4n) is 3.31. The summed E-state index contributed by atoms with van der Waals surface area (Å²) in [7, 11) is 0. The van der Waals surface area contributed by atoms with Gasteiger partial charge in [0.25, 0.3) is 5.56 Å². The highest BCUT2D eigenvalue weighted by molar-refractivity contribution is 5.76. The second kappa shape index (κ2) is 7.50. The number of H-pyrrole nitrogens is 1. The summed E-state index contributed by atoms with van der Waals surface area (Å²) in [5.74, 6) is 1.45. The molecule has 2 aromatic rings. The third-order valence-electron chi connectivity index (χ3n) is 4.71. The molecule has 1 N–H and O–H groups in total. The lowest BCUT2D eigenvalue weighted by atomic mass is 9.97. The molecule has 0 aromatic carbocycles. The Balaban J connectivity index is 1.55. The van der Waals surface area contributed by atoms with E-state index in [9.17, 15) is 14.4 Å². The third-order valence-corrected chi connectivity index (χ3v) is 4.71. The van der Waals surface area contributed by atoms with Crippen LogP contribution in [-0.4, -0.2) is 43.0 Å². The number of imidazole rings is 1. The van der Waals surface area contributed by atoms with Crippen LogP contribution in [0.4, 0.5) is 0 Å². The maximum atomic E-state index is 12.5. The van der Waals surface area contributed by atoms with E-state index in [4.69, 9.17) is 0 Å². The minimum Gasteiger partial charge on any atom is -0.342 e. The fraction of sp³-hybridized carbons (Fsp3) is 0.529. The number of nitrogens with one attached hydrogen (secondary N) is 1. The molecule has 1 amide bonds. The molecule has 3 rings (SSSR count). The summed E-state index contributed by atoms with van der Waals surface area (Å²) >= 11 is 0. The predicted octanol–water partition coefficient (Wildman–Crippen LogP) is 0.370. The number of aryl methyl sites for hydroxylation is 2. The molecule has 25 heavy (non-hydrogen) atoms. The molecule has 8 heteroatoms. The van der Waals surface area contributed by atoms with E-state index in [2.05, 4.69) is 14.5 Å². The topological polar surface area (TPSA) is 93.0 Å². The molecule has 2 aromatic heterocycles. The lowest BCUT2D eigenvalue weighted by Gasteiger charge is -2.33. The summed E-state index contributed by atoms with van der Waals surface area (Å²) in [5.41, 5.74) is -0.909. The molecular weight excluding hydrogens is 322 g/mol. The van der Waals surface area contributed by atoms with Crippen LogP contribution in [0.5, 0.6) is 0 Å². The van der Waals surface area contributed by atoms with Crippen molar-refractivity contribution in [3.8, 4) is 0 Å². The Bertz CT molecular complexity index is 850. The standard InChI is InChI=1S/C17H23N5O3/c1-13-18-6-10-21(13)11-14-3-2-7-22(12-14)16(24)5-9-20-8-4-15(23)19-17(20)25/h4,6,8,10,14H,2-3,5,7,9,11-12H2,1H3,(H,19,23,25)/t14-/m1/s1. The number of amides is 1. The van der Waals surface area contributed by atoms with E-state index >= 15 is 0 Å². The Labute approximate surface area is 145 Å². The Hall–Kier alpha value is -2.64. The van der Waals surface area contributed by atoms with Gasteiger partial charge in [-0.05, 0) is 25.7 Å². The molecule has 3 heterocycles. The first-order valence-corrected chi connectivity index (χ1v) is 8.58. The summed E-state index contributed by atoms with van der Waals surface area (Å²) < 4.78 is 3.48. The zero-order chi connectivity index (χ0) is 17.8. The van der Waals surface area contributed by atoms with E-state index in [1.165, 1.54) is 16.8 Å².